The van der Waals surface area contributed by atoms with Crippen LogP contribution in [-0.4, -0.2) is 32.3 Å². The van der Waals surface area contributed by atoms with Crippen LogP contribution in [-0.2, 0) is 21.4 Å². The van der Waals surface area contributed by atoms with E-state index < -0.39 is 22.2 Å². The third kappa shape index (κ3) is 6.29. The summed E-state index contributed by atoms with van der Waals surface area (Å²) in [4.78, 5) is 0.159. The highest BCUT2D eigenvalue weighted by atomic mass is 32.2. The Bertz CT molecular complexity index is 846. The average molecular weight is 390 g/mol. The average Bonchev–Trinajstić information content (AvgIpc) is 2.67. The minimum absolute atomic E-state index is 0.0479. The van der Waals surface area contributed by atoms with Crippen LogP contribution < -0.4 is 4.72 Å². The van der Waals surface area contributed by atoms with E-state index in [4.69, 9.17) is 4.74 Å². The van der Waals surface area contributed by atoms with Crippen molar-refractivity contribution in [2.45, 2.75) is 44.4 Å². The molecule has 0 heterocycles. The lowest BCUT2D eigenvalue weighted by Crippen LogP contribution is -2.46. The maximum Gasteiger partial charge on any atom is 0.240 e. The molecule has 0 bridgehead atoms. The minimum Gasteiger partial charge on any atom is -0.387 e. The van der Waals surface area contributed by atoms with Crippen molar-refractivity contribution in [2.75, 3.05) is 6.61 Å². The summed E-state index contributed by atoms with van der Waals surface area (Å²) < 4.78 is 33.7. The van der Waals surface area contributed by atoms with Gasteiger partial charge in [0.05, 0.1) is 30.3 Å². The third-order valence-electron chi connectivity index (χ3n) is 4.35. The first-order valence-electron chi connectivity index (χ1n) is 8.85. The van der Waals surface area contributed by atoms with Crippen LogP contribution >= 0.6 is 0 Å². The van der Waals surface area contributed by atoms with Crippen molar-refractivity contribution in [1.82, 2.24) is 4.72 Å². The number of aliphatic hydroxyl groups is 1. The Labute approximate surface area is 161 Å². The molecule has 0 saturated carbocycles. The molecule has 27 heavy (non-hydrogen) atoms. The van der Waals surface area contributed by atoms with Crippen LogP contribution in [0.15, 0.2) is 71.1 Å². The second-order valence-electron chi connectivity index (χ2n) is 6.52. The predicted molar refractivity (Wildman–Crippen MR) is 107 cm³/mol. The molecule has 0 aliphatic rings. The molecule has 0 unspecified atom stereocenters. The number of allylic oxidation sites excluding steroid dienone is 1. The van der Waals surface area contributed by atoms with Crippen molar-refractivity contribution in [2.24, 2.45) is 0 Å². The van der Waals surface area contributed by atoms with Gasteiger partial charge in [-0.2, -0.15) is 0 Å². The van der Waals surface area contributed by atoms with Crippen LogP contribution in [0.25, 0.3) is 0 Å². The van der Waals surface area contributed by atoms with Crippen LogP contribution in [0.2, 0.25) is 0 Å². The molecule has 2 rings (SSSR count). The maximum absolute atomic E-state index is 12.7. The first kappa shape index (κ1) is 21.3. The number of sulfonamides is 1. The van der Waals surface area contributed by atoms with Crippen LogP contribution in [0, 0.1) is 6.92 Å². The van der Waals surface area contributed by atoms with Gasteiger partial charge in [0.25, 0.3) is 0 Å². The summed E-state index contributed by atoms with van der Waals surface area (Å²) in [5.41, 5.74) is 2.63. The molecule has 0 aromatic heterocycles. The lowest BCUT2D eigenvalue weighted by atomic mass is 10.1. The molecule has 5 nitrogen and oxygen atoms in total. The van der Waals surface area contributed by atoms with E-state index in [0.29, 0.717) is 12.2 Å². The van der Waals surface area contributed by atoms with E-state index in [-0.39, 0.29) is 11.5 Å². The summed E-state index contributed by atoms with van der Waals surface area (Å²) in [6.07, 6.45) is 0.778. The van der Waals surface area contributed by atoms with E-state index in [1.807, 2.05) is 37.3 Å². The lowest BCUT2D eigenvalue weighted by Gasteiger charge is -2.25. The van der Waals surface area contributed by atoms with E-state index >= 15 is 0 Å². The Kier molecular flexibility index (Phi) is 7.74. The van der Waals surface area contributed by atoms with Gasteiger partial charge in [-0.05, 0) is 44.0 Å². The second-order valence-corrected chi connectivity index (χ2v) is 8.23. The zero-order chi connectivity index (χ0) is 19.9. The Morgan fingerprint density at radius 2 is 1.78 bits per heavy atom. The van der Waals surface area contributed by atoms with Gasteiger partial charge in [0.1, 0.15) is 0 Å². The summed E-state index contributed by atoms with van der Waals surface area (Å²) in [5, 5.41) is 10.6. The Hall–Kier alpha value is -1.99. The molecule has 0 radical (unpaired) electrons. The number of aliphatic hydroxyl groups excluding tert-OH is 1. The van der Waals surface area contributed by atoms with Gasteiger partial charge in [0, 0.05) is 0 Å². The van der Waals surface area contributed by atoms with Gasteiger partial charge in [-0.25, -0.2) is 13.1 Å². The molecule has 6 heteroatoms. The van der Waals surface area contributed by atoms with E-state index in [0.717, 1.165) is 11.1 Å². The smallest absolute Gasteiger partial charge is 0.240 e. The van der Waals surface area contributed by atoms with E-state index in [1.54, 1.807) is 44.2 Å². The lowest BCUT2D eigenvalue weighted by molar-refractivity contribution is 0.0621. The number of benzene rings is 2. The standard InChI is InChI=1S/C21H27NO4S/c1-4-17(3)21(23)20(15-26-14-18-8-6-5-7-9-18)22-27(24,25)19-12-10-16(2)11-13-19/h4-13,20-23H,14-15H2,1-3H3/b17-4-/t20-,21-/m1/s1. The Balaban J connectivity index is 2.12. The first-order valence-corrected chi connectivity index (χ1v) is 10.3. The molecular weight excluding hydrogens is 362 g/mol. The molecule has 2 aromatic carbocycles. The topological polar surface area (TPSA) is 75.6 Å². The second kappa shape index (κ2) is 9.80. The molecule has 2 N–H and O–H groups in total. The first-order chi connectivity index (χ1) is 12.8. The van der Waals surface area contributed by atoms with Crippen molar-refractivity contribution in [1.29, 1.82) is 0 Å². The number of nitrogens with one attached hydrogen (secondary N) is 1. The summed E-state index contributed by atoms with van der Waals surface area (Å²) in [5.74, 6) is 0. The minimum atomic E-state index is -3.78. The quantitative estimate of drug-likeness (QED) is 0.646. The van der Waals surface area contributed by atoms with Gasteiger partial charge in [-0.15, -0.1) is 0 Å². The molecule has 146 valence electrons. The van der Waals surface area contributed by atoms with Crippen LogP contribution in [0.5, 0.6) is 0 Å². The number of rotatable bonds is 9. The number of aryl methyl sites for hydroxylation is 1. The molecule has 0 aliphatic heterocycles. The van der Waals surface area contributed by atoms with Gasteiger partial charge in [0.2, 0.25) is 10.0 Å². The van der Waals surface area contributed by atoms with E-state index in [2.05, 4.69) is 4.72 Å². The van der Waals surface area contributed by atoms with Crippen molar-refractivity contribution >= 4 is 10.0 Å². The highest BCUT2D eigenvalue weighted by Crippen LogP contribution is 2.14. The van der Waals surface area contributed by atoms with Gasteiger partial charge >= 0.3 is 0 Å². The van der Waals surface area contributed by atoms with Gasteiger partial charge < -0.3 is 9.84 Å². The number of ether oxygens (including phenoxy) is 1. The Morgan fingerprint density at radius 3 is 2.37 bits per heavy atom. The molecule has 2 atom stereocenters. The molecule has 2 aromatic rings. The fraction of sp³-hybridized carbons (Fsp3) is 0.333. The fourth-order valence-electron chi connectivity index (χ4n) is 2.54. The fourth-order valence-corrected chi connectivity index (χ4v) is 3.77. The summed E-state index contributed by atoms with van der Waals surface area (Å²) in [6.45, 7) is 5.84. The molecule has 0 saturated heterocycles. The third-order valence-corrected chi connectivity index (χ3v) is 5.86. The van der Waals surface area contributed by atoms with Gasteiger partial charge in [-0.1, -0.05) is 54.1 Å². The van der Waals surface area contributed by atoms with Gasteiger partial charge in [-0.3, -0.25) is 0 Å². The molecule has 0 amide bonds. The number of hydrogen-bond donors (Lipinski definition) is 2. The zero-order valence-corrected chi connectivity index (χ0v) is 16.7. The van der Waals surface area contributed by atoms with Crippen molar-refractivity contribution < 1.29 is 18.3 Å². The summed E-state index contributed by atoms with van der Waals surface area (Å²) in [7, 11) is -3.78. The zero-order valence-electron chi connectivity index (χ0n) is 15.9. The highest BCUT2D eigenvalue weighted by Gasteiger charge is 2.27. The van der Waals surface area contributed by atoms with E-state index in [1.165, 1.54) is 0 Å². The summed E-state index contributed by atoms with van der Waals surface area (Å²) in [6, 6.07) is 15.4. The largest absolute Gasteiger partial charge is 0.387 e. The van der Waals surface area contributed by atoms with Crippen molar-refractivity contribution in [3.8, 4) is 0 Å². The maximum atomic E-state index is 12.7. The van der Waals surface area contributed by atoms with Crippen molar-refractivity contribution in [3.63, 3.8) is 0 Å². The summed E-state index contributed by atoms with van der Waals surface area (Å²) >= 11 is 0. The number of hydrogen-bond acceptors (Lipinski definition) is 4. The van der Waals surface area contributed by atoms with Crippen molar-refractivity contribution in [3.05, 3.63) is 77.4 Å². The highest BCUT2D eigenvalue weighted by molar-refractivity contribution is 7.89. The van der Waals surface area contributed by atoms with Crippen LogP contribution in [0.1, 0.15) is 25.0 Å². The van der Waals surface area contributed by atoms with E-state index in [9.17, 15) is 13.5 Å². The molecular formula is C21H27NO4S. The Morgan fingerprint density at radius 1 is 1.15 bits per heavy atom. The molecule has 0 spiro atoms. The predicted octanol–water partition coefficient (Wildman–Crippen LogP) is 3.19. The monoisotopic (exact) mass is 389 g/mol. The normalized spacial score (nSPS) is 14.7. The van der Waals surface area contributed by atoms with Crippen LogP contribution in [0.3, 0.4) is 0 Å². The van der Waals surface area contributed by atoms with Crippen LogP contribution in [0.4, 0.5) is 0 Å². The molecule has 0 aliphatic carbocycles. The SMILES string of the molecule is C/C=C(/C)[C@@H](O)[C@@H](COCc1ccccc1)NS(=O)(=O)c1ccc(C)cc1. The molecule has 0 fully saturated rings. The van der Waals surface area contributed by atoms with Gasteiger partial charge in [0.15, 0.2) is 0 Å².